The van der Waals surface area contributed by atoms with Crippen molar-refractivity contribution >= 4 is 0 Å². The highest BCUT2D eigenvalue weighted by molar-refractivity contribution is 5.54. The number of halogens is 3. The molecule has 0 radical (unpaired) electrons. The number of alkyl halides is 3. The van der Waals surface area contributed by atoms with E-state index < -0.39 is 12.8 Å². The first-order chi connectivity index (χ1) is 11.0. The Labute approximate surface area is 129 Å². The van der Waals surface area contributed by atoms with Crippen LogP contribution in [0.2, 0.25) is 0 Å². The summed E-state index contributed by atoms with van der Waals surface area (Å²) in [6.45, 7) is -1.32. The van der Waals surface area contributed by atoms with Crippen LogP contribution in [0.3, 0.4) is 0 Å². The van der Waals surface area contributed by atoms with E-state index in [0.29, 0.717) is 23.1 Å². The Balaban J connectivity index is 1.61. The van der Waals surface area contributed by atoms with Gasteiger partial charge in [-0.05, 0) is 31.6 Å². The van der Waals surface area contributed by atoms with Crippen molar-refractivity contribution in [3.63, 3.8) is 0 Å². The second-order valence-corrected chi connectivity index (χ2v) is 6.02. The van der Waals surface area contributed by atoms with E-state index in [1.165, 1.54) is 6.07 Å². The minimum Gasteiger partial charge on any atom is -0.484 e. The summed E-state index contributed by atoms with van der Waals surface area (Å²) in [6.07, 6.45) is 1.11. The molecule has 0 unspecified atom stereocenters. The zero-order chi connectivity index (χ0) is 16.0. The van der Waals surface area contributed by atoms with Crippen molar-refractivity contribution in [1.29, 1.82) is 0 Å². The van der Waals surface area contributed by atoms with Crippen molar-refractivity contribution in [2.24, 2.45) is 0 Å². The summed E-state index contributed by atoms with van der Waals surface area (Å²) < 4.78 is 47.4. The molecule has 2 aromatic heterocycles. The van der Waals surface area contributed by atoms with Gasteiger partial charge in [0, 0.05) is 23.7 Å². The summed E-state index contributed by atoms with van der Waals surface area (Å²) in [5.41, 5.74) is 1.08. The van der Waals surface area contributed by atoms with Crippen molar-refractivity contribution in [1.82, 2.24) is 15.1 Å². The maximum absolute atomic E-state index is 12.4. The van der Waals surface area contributed by atoms with E-state index in [1.807, 2.05) is 0 Å². The third-order valence-corrected chi connectivity index (χ3v) is 3.90. The number of ether oxygens (including phenoxy) is 1. The maximum atomic E-state index is 12.4. The van der Waals surface area contributed by atoms with Crippen LogP contribution in [-0.4, -0.2) is 27.9 Å². The van der Waals surface area contributed by atoms with E-state index in [4.69, 9.17) is 9.26 Å². The fourth-order valence-corrected chi connectivity index (χ4v) is 2.39. The lowest BCUT2D eigenvalue weighted by Crippen LogP contribution is -2.19. The SMILES string of the molecule is FC(F)(F)COc1cc(-c2noc(C3CC3)n2)ncc1C1CC1. The van der Waals surface area contributed by atoms with Crippen LogP contribution in [0.15, 0.2) is 16.8 Å². The predicted octanol–water partition coefficient (Wildman–Crippen LogP) is 3.83. The minimum absolute atomic E-state index is 0.201. The fraction of sp³-hybridized carbons (Fsp3) is 0.533. The largest absolute Gasteiger partial charge is 0.484 e. The summed E-state index contributed by atoms with van der Waals surface area (Å²) >= 11 is 0. The third kappa shape index (κ3) is 3.30. The highest BCUT2D eigenvalue weighted by atomic mass is 19.4. The lowest BCUT2D eigenvalue weighted by molar-refractivity contribution is -0.153. The molecule has 2 fully saturated rings. The van der Waals surface area contributed by atoms with Gasteiger partial charge in [0.05, 0.1) is 0 Å². The first-order valence-electron chi connectivity index (χ1n) is 7.53. The van der Waals surface area contributed by atoms with Crippen LogP contribution in [0.25, 0.3) is 11.5 Å². The van der Waals surface area contributed by atoms with Crippen molar-refractivity contribution < 1.29 is 22.4 Å². The van der Waals surface area contributed by atoms with Crippen LogP contribution in [0.4, 0.5) is 13.2 Å². The molecule has 5 nitrogen and oxygen atoms in total. The second-order valence-electron chi connectivity index (χ2n) is 6.02. The molecule has 2 aliphatic rings. The monoisotopic (exact) mass is 325 g/mol. The zero-order valence-corrected chi connectivity index (χ0v) is 12.1. The van der Waals surface area contributed by atoms with Gasteiger partial charge in [-0.25, -0.2) is 0 Å². The van der Waals surface area contributed by atoms with Gasteiger partial charge in [0.1, 0.15) is 11.4 Å². The standard InChI is InChI=1S/C15H14F3N3O2/c16-15(17,18)7-22-12-5-11(19-6-10(12)8-1-2-8)13-20-14(23-21-13)9-3-4-9/h5-6,8-9H,1-4,7H2. The molecule has 0 amide bonds. The molecule has 0 spiro atoms. The first-order valence-corrected chi connectivity index (χ1v) is 7.53. The Hall–Kier alpha value is -2.12. The normalized spacial score (nSPS) is 18.2. The molecule has 0 saturated heterocycles. The molecule has 2 heterocycles. The molecular formula is C15H14F3N3O2. The van der Waals surface area contributed by atoms with Crippen molar-refractivity contribution in [2.45, 2.75) is 43.7 Å². The van der Waals surface area contributed by atoms with Crippen molar-refractivity contribution in [3.8, 4) is 17.3 Å². The number of pyridine rings is 1. The molecule has 0 aliphatic heterocycles. The minimum atomic E-state index is -4.38. The van der Waals surface area contributed by atoms with Crippen LogP contribution in [-0.2, 0) is 0 Å². The highest BCUT2D eigenvalue weighted by Gasteiger charge is 2.33. The van der Waals surface area contributed by atoms with Gasteiger partial charge in [-0.2, -0.15) is 18.2 Å². The number of hydrogen-bond acceptors (Lipinski definition) is 5. The van der Waals surface area contributed by atoms with Crippen LogP contribution < -0.4 is 4.74 Å². The molecule has 122 valence electrons. The number of aromatic nitrogens is 3. The van der Waals surface area contributed by atoms with Crippen LogP contribution in [0.5, 0.6) is 5.75 Å². The maximum Gasteiger partial charge on any atom is 0.422 e. The molecule has 0 atom stereocenters. The Bertz CT molecular complexity index is 721. The van der Waals surface area contributed by atoms with Crippen LogP contribution >= 0.6 is 0 Å². The average Bonchev–Trinajstić information content (AvgIpc) is 3.43. The molecule has 2 aromatic rings. The average molecular weight is 325 g/mol. The lowest BCUT2D eigenvalue weighted by Gasteiger charge is -2.13. The van der Waals surface area contributed by atoms with Crippen molar-refractivity contribution in [2.75, 3.05) is 6.61 Å². The molecular weight excluding hydrogens is 311 g/mol. The summed E-state index contributed by atoms with van der Waals surface area (Å²) in [5, 5.41) is 3.86. The molecule has 0 aromatic carbocycles. The number of hydrogen-bond donors (Lipinski definition) is 0. The lowest BCUT2D eigenvalue weighted by atomic mass is 10.1. The van der Waals surface area contributed by atoms with Gasteiger partial charge in [0.25, 0.3) is 0 Å². The van der Waals surface area contributed by atoms with E-state index in [0.717, 1.165) is 25.7 Å². The summed E-state index contributed by atoms with van der Waals surface area (Å²) in [7, 11) is 0. The van der Waals surface area contributed by atoms with Gasteiger partial charge in [0.2, 0.25) is 11.7 Å². The van der Waals surface area contributed by atoms with Gasteiger partial charge >= 0.3 is 6.18 Å². The molecule has 4 rings (SSSR count). The van der Waals surface area contributed by atoms with E-state index in [9.17, 15) is 13.2 Å². The zero-order valence-electron chi connectivity index (χ0n) is 12.1. The number of nitrogens with zero attached hydrogens (tertiary/aromatic N) is 3. The Morgan fingerprint density at radius 2 is 1.91 bits per heavy atom. The highest BCUT2D eigenvalue weighted by Crippen LogP contribution is 2.45. The molecule has 2 aliphatic carbocycles. The Morgan fingerprint density at radius 1 is 1.17 bits per heavy atom. The Morgan fingerprint density at radius 3 is 2.57 bits per heavy atom. The van der Waals surface area contributed by atoms with Gasteiger partial charge in [0.15, 0.2) is 6.61 Å². The van der Waals surface area contributed by atoms with E-state index in [1.54, 1.807) is 6.20 Å². The van der Waals surface area contributed by atoms with Gasteiger partial charge < -0.3 is 9.26 Å². The quantitative estimate of drug-likeness (QED) is 0.836. The smallest absolute Gasteiger partial charge is 0.422 e. The fourth-order valence-electron chi connectivity index (χ4n) is 2.39. The summed E-state index contributed by atoms with van der Waals surface area (Å²) in [4.78, 5) is 8.53. The summed E-state index contributed by atoms with van der Waals surface area (Å²) in [6, 6.07) is 1.47. The first kappa shape index (κ1) is 14.5. The summed E-state index contributed by atoms with van der Waals surface area (Å²) in [5.74, 6) is 1.58. The van der Waals surface area contributed by atoms with E-state index >= 15 is 0 Å². The van der Waals surface area contributed by atoms with Gasteiger partial charge in [-0.3, -0.25) is 4.98 Å². The van der Waals surface area contributed by atoms with E-state index in [2.05, 4.69) is 15.1 Å². The van der Waals surface area contributed by atoms with Gasteiger partial charge in [-0.1, -0.05) is 5.16 Å². The molecule has 23 heavy (non-hydrogen) atoms. The molecule has 2 saturated carbocycles. The second kappa shape index (κ2) is 5.21. The molecule has 0 bridgehead atoms. The van der Waals surface area contributed by atoms with Gasteiger partial charge in [-0.15, -0.1) is 0 Å². The topological polar surface area (TPSA) is 61.0 Å². The Kier molecular flexibility index (Phi) is 3.28. The third-order valence-electron chi connectivity index (χ3n) is 3.90. The predicted molar refractivity (Wildman–Crippen MR) is 73.0 cm³/mol. The molecule has 8 heteroatoms. The van der Waals surface area contributed by atoms with E-state index in [-0.39, 0.29) is 17.5 Å². The number of rotatable bonds is 5. The van der Waals surface area contributed by atoms with Crippen molar-refractivity contribution in [3.05, 3.63) is 23.7 Å². The van der Waals surface area contributed by atoms with Crippen LogP contribution in [0, 0.1) is 0 Å². The van der Waals surface area contributed by atoms with Crippen LogP contribution in [0.1, 0.15) is 49.0 Å². The molecule has 0 N–H and O–H groups in total.